The van der Waals surface area contributed by atoms with Crippen LogP contribution in [-0.2, 0) is 26.6 Å². The molecule has 0 aliphatic carbocycles. The SMILES string of the molecule is CC(C)(C)c1ccc(CN(C(=O)COc2ccc(Cl)cc2)[C@H]2CCS(=O)(=O)C2)cc1. The molecule has 3 rings (SSSR count). The van der Waals surface area contributed by atoms with Gasteiger partial charge in [-0.05, 0) is 47.2 Å². The molecule has 0 aromatic heterocycles. The van der Waals surface area contributed by atoms with Gasteiger partial charge in [0, 0.05) is 17.6 Å². The smallest absolute Gasteiger partial charge is 0.261 e. The van der Waals surface area contributed by atoms with Gasteiger partial charge in [-0.25, -0.2) is 8.42 Å². The zero-order valence-corrected chi connectivity index (χ0v) is 19.2. The molecular formula is C23H28ClNO4S. The van der Waals surface area contributed by atoms with Crippen molar-refractivity contribution < 1.29 is 17.9 Å². The molecule has 0 N–H and O–H groups in total. The topological polar surface area (TPSA) is 63.7 Å². The molecule has 7 heteroatoms. The number of benzene rings is 2. The second-order valence-electron chi connectivity index (χ2n) is 8.77. The summed E-state index contributed by atoms with van der Waals surface area (Å²) in [7, 11) is -3.11. The maximum atomic E-state index is 13.0. The third-order valence-electron chi connectivity index (χ3n) is 5.32. The molecule has 5 nitrogen and oxygen atoms in total. The molecule has 1 aliphatic rings. The van der Waals surface area contributed by atoms with Crippen molar-refractivity contribution in [1.82, 2.24) is 4.90 Å². The molecule has 1 atom stereocenters. The Labute approximate surface area is 183 Å². The van der Waals surface area contributed by atoms with Crippen molar-refractivity contribution in [2.45, 2.75) is 45.2 Å². The molecule has 0 spiro atoms. The summed E-state index contributed by atoms with van der Waals surface area (Å²) in [5.41, 5.74) is 2.21. The third-order valence-corrected chi connectivity index (χ3v) is 7.32. The predicted molar refractivity (Wildman–Crippen MR) is 120 cm³/mol. The molecule has 162 valence electrons. The number of hydrogen-bond donors (Lipinski definition) is 0. The molecule has 30 heavy (non-hydrogen) atoms. The molecule has 1 saturated heterocycles. The summed E-state index contributed by atoms with van der Waals surface area (Å²) in [6.45, 7) is 6.64. The second-order valence-corrected chi connectivity index (χ2v) is 11.4. The van der Waals surface area contributed by atoms with E-state index in [1.807, 2.05) is 12.1 Å². The zero-order valence-electron chi connectivity index (χ0n) is 17.6. The molecule has 0 bridgehead atoms. The predicted octanol–water partition coefficient (Wildman–Crippen LogP) is 4.23. The number of rotatable bonds is 6. The Kier molecular flexibility index (Phi) is 6.78. The summed E-state index contributed by atoms with van der Waals surface area (Å²) >= 11 is 5.88. The molecule has 2 aromatic rings. The Morgan fingerprint density at radius 2 is 1.73 bits per heavy atom. The van der Waals surface area contributed by atoms with Gasteiger partial charge in [0.2, 0.25) is 0 Å². The maximum absolute atomic E-state index is 13.0. The minimum absolute atomic E-state index is 0.000238. The number of sulfone groups is 1. The van der Waals surface area contributed by atoms with E-state index in [4.69, 9.17) is 16.3 Å². The first-order valence-electron chi connectivity index (χ1n) is 10.0. The minimum Gasteiger partial charge on any atom is -0.484 e. The average molecular weight is 450 g/mol. The van der Waals surface area contributed by atoms with E-state index in [2.05, 4.69) is 32.9 Å². The molecular weight excluding hydrogens is 422 g/mol. The summed E-state index contributed by atoms with van der Waals surface area (Å²) in [5.74, 6) is 0.426. The first-order valence-corrected chi connectivity index (χ1v) is 12.2. The van der Waals surface area contributed by atoms with Crippen LogP contribution in [0.5, 0.6) is 5.75 Å². The monoisotopic (exact) mass is 449 g/mol. The van der Waals surface area contributed by atoms with Gasteiger partial charge in [0.15, 0.2) is 16.4 Å². The number of carbonyl (C=O) groups is 1. The number of nitrogens with zero attached hydrogens (tertiary/aromatic N) is 1. The van der Waals surface area contributed by atoms with E-state index >= 15 is 0 Å². The van der Waals surface area contributed by atoms with Crippen molar-refractivity contribution >= 4 is 27.3 Å². The highest BCUT2D eigenvalue weighted by atomic mass is 35.5. The Hall–Kier alpha value is -2.05. The van der Waals surface area contributed by atoms with Crippen molar-refractivity contribution in [3.63, 3.8) is 0 Å². The van der Waals surface area contributed by atoms with Gasteiger partial charge in [-0.3, -0.25) is 4.79 Å². The highest BCUT2D eigenvalue weighted by molar-refractivity contribution is 7.91. The fourth-order valence-corrected chi connectivity index (χ4v) is 5.36. The second kappa shape index (κ2) is 8.98. The van der Waals surface area contributed by atoms with Crippen LogP contribution in [0.2, 0.25) is 5.02 Å². The summed E-state index contributed by atoms with van der Waals surface area (Å²) in [6, 6.07) is 14.6. The fraction of sp³-hybridized carbons (Fsp3) is 0.435. The van der Waals surface area contributed by atoms with Crippen LogP contribution in [0.15, 0.2) is 48.5 Å². The van der Waals surface area contributed by atoms with Gasteiger partial charge in [-0.2, -0.15) is 0 Å². The molecule has 2 aromatic carbocycles. The fourth-order valence-electron chi connectivity index (χ4n) is 3.51. The van der Waals surface area contributed by atoms with Crippen molar-refractivity contribution in [3.8, 4) is 5.75 Å². The Bertz CT molecular complexity index is 979. The van der Waals surface area contributed by atoms with E-state index in [1.165, 1.54) is 5.56 Å². The van der Waals surface area contributed by atoms with Crippen LogP contribution in [0.1, 0.15) is 38.3 Å². The quantitative estimate of drug-likeness (QED) is 0.661. The minimum atomic E-state index is -3.11. The van der Waals surface area contributed by atoms with Gasteiger partial charge < -0.3 is 9.64 Å². The van der Waals surface area contributed by atoms with Crippen LogP contribution in [0.3, 0.4) is 0 Å². The number of hydrogen-bond acceptors (Lipinski definition) is 4. The maximum Gasteiger partial charge on any atom is 0.261 e. The Morgan fingerprint density at radius 1 is 1.10 bits per heavy atom. The number of amides is 1. The lowest BCUT2D eigenvalue weighted by atomic mass is 9.86. The normalized spacial score (nSPS) is 18.2. The molecule has 1 heterocycles. The van der Waals surface area contributed by atoms with E-state index in [9.17, 15) is 13.2 Å². The van der Waals surface area contributed by atoms with Gasteiger partial charge >= 0.3 is 0 Å². The highest BCUT2D eigenvalue weighted by Gasteiger charge is 2.34. The Morgan fingerprint density at radius 3 is 2.27 bits per heavy atom. The number of carbonyl (C=O) groups excluding carboxylic acids is 1. The lowest BCUT2D eigenvalue weighted by Crippen LogP contribution is -2.43. The highest BCUT2D eigenvalue weighted by Crippen LogP contribution is 2.25. The largest absolute Gasteiger partial charge is 0.484 e. The molecule has 1 aliphatic heterocycles. The zero-order chi connectivity index (χ0) is 21.9. The van der Waals surface area contributed by atoms with E-state index in [1.54, 1.807) is 29.2 Å². The summed E-state index contributed by atoms with van der Waals surface area (Å²) < 4.78 is 29.6. The van der Waals surface area contributed by atoms with Gasteiger partial charge in [0.25, 0.3) is 5.91 Å². The molecule has 0 radical (unpaired) electrons. The van der Waals surface area contributed by atoms with Gasteiger partial charge in [0.05, 0.1) is 11.5 Å². The average Bonchev–Trinajstić information content (AvgIpc) is 3.04. The summed E-state index contributed by atoms with van der Waals surface area (Å²) in [5, 5.41) is 0.588. The van der Waals surface area contributed by atoms with E-state index in [0.717, 1.165) is 5.56 Å². The summed E-state index contributed by atoms with van der Waals surface area (Å²) in [6.07, 6.45) is 0.453. The van der Waals surface area contributed by atoms with Crippen LogP contribution in [0.25, 0.3) is 0 Å². The number of halogens is 1. The molecule has 1 fully saturated rings. The van der Waals surface area contributed by atoms with Crippen LogP contribution in [0.4, 0.5) is 0 Å². The van der Waals surface area contributed by atoms with Crippen LogP contribution in [0, 0.1) is 0 Å². The van der Waals surface area contributed by atoms with Crippen LogP contribution < -0.4 is 4.74 Å². The first-order chi connectivity index (χ1) is 14.0. The summed E-state index contributed by atoms with van der Waals surface area (Å²) in [4.78, 5) is 14.6. The van der Waals surface area contributed by atoms with E-state index in [-0.39, 0.29) is 35.5 Å². The van der Waals surface area contributed by atoms with Crippen molar-refractivity contribution in [2.75, 3.05) is 18.1 Å². The van der Waals surface area contributed by atoms with Gasteiger partial charge in [-0.1, -0.05) is 56.6 Å². The number of ether oxygens (including phenoxy) is 1. The van der Waals surface area contributed by atoms with Crippen molar-refractivity contribution in [2.24, 2.45) is 0 Å². The van der Waals surface area contributed by atoms with Crippen molar-refractivity contribution in [3.05, 3.63) is 64.7 Å². The molecule has 1 amide bonds. The van der Waals surface area contributed by atoms with Crippen LogP contribution >= 0.6 is 11.6 Å². The lowest BCUT2D eigenvalue weighted by molar-refractivity contribution is -0.136. The van der Waals surface area contributed by atoms with Gasteiger partial charge in [-0.15, -0.1) is 0 Å². The molecule has 0 unspecified atom stereocenters. The lowest BCUT2D eigenvalue weighted by Gasteiger charge is -2.29. The van der Waals surface area contributed by atoms with Gasteiger partial charge in [0.1, 0.15) is 5.75 Å². The van der Waals surface area contributed by atoms with Crippen molar-refractivity contribution in [1.29, 1.82) is 0 Å². The first kappa shape index (κ1) is 22.6. The van der Waals surface area contributed by atoms with E-state index < -0.39 is 9.84 Å². The third kappa shape index (κ3) is 5.99. The Balaban J connectivity index is 1.74. The standard InChI is InChI=1S/C23H28ClNO4S/c1-23(2,3)18-6-4-17(5-7-18)14-25(20-12-13-30(27,28)16-20)22(26)15-29-21-10-8-19(24)9-11-21/h4-11,20H,12-16H2,1-3H3/t20-/m0/s1. The molecule has 0 saturated carbocycles. The van der Waals surface area contributed by atoms with Crippen LogP contribution in [-0.4, -0.2) is 43.4 Å². The van der Waals surface area contributed by atoms with E-state index in [0.29, 0.717) is 23.7 Å².